The lowest BCUT2D eigenvalue weighted by atomic mass is 10.1. The maximum Gasteiger partial charge on any atom is 0.123 e. The Morgan fingerprint density at radius 1 is 0.537 bits per heavy atom. The molecule has 0 amide bonds. The lowest BCUT2D eigenvalue weighted by molar-refractivity contribution is 0.109. The van der Waals surface area contributed by atoms with Crippen molar-refractivity contribution < 1.29 is 14.6 Å². The summed E-state index contributed by atoms with van der Waals surface area (Å²) in [6.07, 6.45) is 0.195. The Morgan fingerprint density at radius 3 is 1.46 bits per heavy atom. The number of aliphatic hydroxyl groups is 1. The van der Waals surface area contributed by atoms with Gasteiger partial charge in [-0.1, -0.05) is 121 Å². The molecule has 5 aromatic carbocycles. The molecule has 0 aliphatic heterocycles. The third kappa shape index (κ3) is 9.07. The molecule has 0 saturated heterocycles. The molecule has 0 unspecified atom stereocenters. The number of nitrogens with zero attached hydrogens (tertiary/aromatic N) is 1. The zero-order valence-electron chi connectivity index (χ0n) is 23.3. The summed E-state index contributed by atoms with van der Waals surface area (Å²) in [6, 6.07) is 46.9. The summed E-state index contributed by atoms with van der Waals surface area (Å²) >= 11 is 0. The summed E-state index contributed by atoms with van der Waals surface area (Å²) < 4.78 is 12.4. The lowest BCUT2D eigenvalue weighted by Crippen LogP contribution is -2.30. The van der Waals surface area contributed by atoms with Crippen molar-refractivity contribution >= 4 is 0 Å². The maximum absolute atomic E-state index is 11.5. The molecule has 0 radical (unpaired) electrons. The number of hydrogen-bond acceptors (Lipinski definition) is 4. The molecule has 0 heterocycles. The van der Waals surface area contributed by atoms with Crippen molar-refractivity contribution in [2.75, 3.05) is 13.1 Å². The average Bonchev–Trinajstić information content (AvgIpc) is 3.03. The van der Waals surface area contributed by atoms with E-state index in [0.717, 1.165) is 36.2 Å². The first-order chi connectivity index (χ1) is 20.2. The third-order valence-corrected chi connectivity index (χ3v) is 7.02. The average molecular weight is 544 g/mol. The van der Waals surface area contributed by atoms with Crippen LogP contribution in [0.1, 0.15) is 33.9 Å². The highest BCUT2D eigenvalue weighted by atomic mass is 16.5. The molecule has 0 bridgehead atoms. The van der Waals surface area contributed by atoms with Crippen LogP contribution in [-0.4, -0.2) is 23.1 Å². The summed E-state index contributed by atoms with van der Waals surface area (Å²) in [6.45, 7) is 2.96. The van der Waals surface area contributed by atoms with E-state index < -0.39 is 6.10 Å². The second-order valence-electron chi connectivity index (χ2n) is 10.3. The molecule has 0 aromatic heterocycles. The van der Waals surface area contributed by atoms with Gasteiger partial charge in [0.15, 0.2) is 0 Å². The van der Waals surface area contributed by atoms with Crippen LogP contribution in [0, 0.1) is 0 Å². The van der Waals surface area contributed by atoms with Gasteiger partial charge in [0.1, 0.15) is 24.7 Å². The summed E-state index contributed by atoms with van der Waals surface area (Å²) in [4.78, 5) is 2.31. The molecule has 41 heavy (non-hydrogen) atoms. The number of hydrogen-bond donors (Lipinski definition) is 1. The topological polar surface area (TPSA) is 41.9 Å². The van der Waals surface area contributed by atoms with Gasteiger partial charge in [-0.05, 0) is 46.4 Å². The van der Waals surface area contributed by atoms with Crippen LogP contribution < -0.4 is 9.47 Å². The fraction of sp³-hybridized carbons (Fsp3) is 0.189. The highest BCUT2D eigenvalue weighted by Crippen LogP contribution is 2.29. The van der Waals surface area contributed by atoms with E-state index in [1.807, 2.05) is 91.0 Å². The van der Waals surface area contributed by atoms with Crippen LogP contribution >= 0.6 is 0 Å². The van der Waals surface area contributed by atoms with E-state index >= 15 is 0 Å². The molecule has 4 nitrogen and oxygen atoms in total. The van der Waals surface area contributed by atoms with Crippen LogP contribution in [0.4, 0.5) is 0 Å². The fourth-order valence-corrected chi connectivity index (χ4v) is 4.79. The van der Waals surface area contributed by atoms with Crippen molar-refractivity contribution in [2.24, 2.45) is 0 Å². The minimum Gasteiger partial charge on any atom is -0.489 e. The number of aliphatic hydroxyl groups excluding tert-OH is 1. The Kier molecular flexibility index (Phi) is 10.2. The number of ether oxygens (including phenoxy) is 2. The first-order valence-corrected chi connectivity index (χ1v) is 14.2. The van der Waals surface area contributed by atoms with E-state index in [1.54, 1.807) is 0 Å². The van der Waals surface area contributed by atoms with Crippen LogP contribution in [-0.2, 0) is 26.2 Å². The predicted molar refractivity (Wildman–Crippen MR) is 165 cm³/mol. The van der Waals surface area contributed by atoms with Gasteiger partial charge >= 0.3 is 0 Å². The van der Waals surface area contributed by atoms with E-state index in [4.69, 9.17) is 9.47 Å². The van der Waals surface area contributed by atoms with E-state index in [2.05, 4.69) is 53.4 Å². The van der Waals surface area contributed by atoms with Gasteiger partial charge in [0.25, 0.3) is 0 Å². The molecule has 1 N–H and O–H groups in total. The predicted octanol–water partition coefficient (Wildman–Crippen LogP) is 7.62. The second kappa shape index (κ2) is 14.8. The van der Waals surface area contributed by atoms with Gasteiger partial charge in [-0.2, -0.15) is 0 Å². The highest BCUT2D eigenvalue weighted by Gasteiger charge is 2.17. The summed E-state index contributed by atoms with van der Waals surface area (Å²) in [7, 11) is 0. The van der Waals surface area contributed by atoms with Gasteiger partial charge in [0, 0.05) is 25.7 Å². The quantitative estimate of drug-likeness (QED) is 0.156. The van der Waals surface area contributed by atoms with Crippen molar-refractivity contribution in [2.45, 2.75) is 32.3 Å². The van der Waals surface area contributed by atoms with E-state index in [9.17, 15) is 5.11 Å². The monoisotopic (exact) mass is 543 g/mol. The minimum absolute atomic E-state index is 0.440. The van der Waals surface area contributed by atoms with Crippen LogP contribution in [0.25, 0.3) is 0 Å². The lowest BCUT2D eigenvalue weighted by Gasteiger charge is -2.26. The molecule has 0 spiro atoms. The van der Waals surface area contributed by atoms with Crippen molar-refractivity contribution in [3.63, 3.8) is 0 Å². The van der Waals surface area contributed by atoms with Crippen molar-refractivity contribution in [1.82, 2.24) is 4.90 Å². The largest absolute Gasteiger partial charge is 0.489 e. The first-order valence-electron chi connectivity index (χ1n) is 14.2. The molecular formula is C37H37NO3. The Bertz CT molecular complexity index is 1380. The van der Waals surface area contributed by atoms with Crippen molar-refractivity contribution in [3.05, 3.63) is 167 Å². The minimum atomic E-state index is -0.714. The Morgan fingerprint density at radius 2 is 0.976 bits per heavy atom. The van der Waals surface area contributed by atoms with Gasteiger partial charge in [-0.15, -0.1) is 0 Å². The normalized spacial score (nSPS) is 11.8. The van der Waals surface area contributed by atoms with E-state index in [0.29, 0.717) is 31.3 Å². The van der Waals surface area contributed by atoms with Crippen molar-refractivity contribution in [3.8, 4) is 11.5 Å². The van der Waals surface area contributed by atoms with Gasteiger partial charge in [0.05, 0.1) is 6.10 Å². The number of rotatable bonds is 14. The molecule has 0 fully saturated rings. The third-order valence-electron chi connectivity index (χ3n) is 7.02. The molecule has 0 aliphatic carbocycles. The Hall–Kier alpha value is -4.38. The van der Waals surface area contributed by atoms with Crippen LogP contribution in [0.2, 0.25) is 0 Å². The standard InChI is InChI=1S/C37H37NO3/c39-37(27-38(26-31-15-7-2-8-16-31)22-21-30-13-5-1-6-14-30)34-23-35(40-28-32-17-9-3-10-18-32)25-36(24-34)41-29-33-19-11-4-12-20-33/h1-20,23-25,37,39H,21-22,26-29H2/t37-/m1/s1. The molecule has 208 valence electrons. The molecule has 0 aliphatic rings. The fourth-order valence-electron chi connectivity index (χ4n) is 4.79. The zero-order chi connectivity index (χ0) is 28.1. The second-order valence-corrected chi connectivity index (χ2v) is 10.3. The molecule has 0 saturated carbocycles. The van der Waals surface area contributed by atoms with E-state index in [-0.39, 0.29) is 0 Å². The van der Waals surface area contributed by atoms with Crippen LogP contribution in [0.3, 0.4) is 0 Å². The smallest absolute Gasteiger partial charge is 0.123 e. The molecule has 5 rings (SSSR count). The Labute approximate surface area is 243 Å². The molecule has 4 heteroatoms. The maximum atomic E-state index is 11.5. The summed E-state index contributed by atoms with van der Waals surface area (Å²) in [5.74, 6) is 1.35. The van der Waals surface area contributed by atoms with Gasteiger partial charge in [-0.3, -0.25) is 4.90 Å². The summed E-state index contributed by atoms with van der Waals surface area (Å²) in [5, 5.41) is 11.5. The van der Waals surface area contributed by atoms with Gasteiger partial charge < -0.3 is 14.6 Å². The Balaban J connectivity index is 1.34. The van der Waals surface area contributed by atoms with E-state index in [1.165, 1.54) is 11.1 Å². The van der Waals surface area contributed by atoms with Crippen molar-refractivity contribution in [1.29, 1.82) is 0 Å². The molecule has 5 aromatic rings. The van der Waals surface area contributed by atoms with Crippen LogP contribution in [0.5, 0.6) is 11.5 Å². The highest BCUT2D eigenvalue weighted by molar-refractivity contribution is 5.40. The molecular weight excluding hydrogens is 506 g/mol. The van der Waals surface area contributed by atoms with Gasteiger partial charge in [-0.25, -0.2) is 0 Å². The van der Waals surface area contributed by atoms with Gasteiger partial charge in [0.2, 0.25) is 0 Å². The SMILES string of the molecule is O[C@H](CN(CCc1ccccc1)Cc1ccccc1)c1cc(OCc2ccccc2)cc(OCc2ccccc2)c1. The first kappa shape index (κ1) is 28.2. The molecule has 1 atom stereocenters. The zero-order valence-corrected chi connectivity index (χ0v) is 23.3. The van der Waals surface area contributed by atoms with Crippen LogP contribution in [0.15, 0.2) is 140 Å². The summed E-state index contributed by atoms with van der Waals surface area (Å²) in [5.41, 5.74) is 5.45. The number of benzene rings is 5.